The molecule has 0 heterocycles. The summed E-state index contributed by atoms with van der Waals surface area (Å²) in [6.45, 7) is 0.810. The second-order valence-electron chi connectivity index (χ2n) is 3.25. The zero-order valence-corrected chi connectivity index (χ0v) is 9.90. The van der Waals surface area contributed by atoms with Crippen LogP contribution in [0, 0.1) is 0 Å². The largest absolute Gasteiger partial charge is 0.491 e. The minimum atomic E-state index is -3.93. The van der Waals surface area contributed by atoms with E-state index in [0.29, 0.717) is 5.75 Å². The summed E-state index contributed by atoms with van der Waals surface area (Å²) < 4.78 is 39.4. The Morgan fingerprint density at radius 2 is 1.89 bits per heavy atom. The van der Waals surface area contributed by atoms with E-state index in [2.05, 4.69) is 9.47 Å². The number of benzene rings is 1. The molecular formula is C12H14F2O4. The van der Waals surface area contributed by atoms with Gasteiger partial charge in [-0.05, 0) is 19.1 Å². The van der Waals surface area contributed by atoms with E-state index in [1.54, 1.807) is 30.3 Å². The average molecular weight is 260 g/mol. The summed E-state index contributed by atoms with van der Waals surface area (Å²) in [5, 5.41) is 0. The number of halogens is 2. The summed E-state index contributed by atoms with van der Waals surface area (Å²) in [5.74, 6) is -1.15. The highest BCUT2D eigenvalue weighted by molar-refractivity contribution is 5.75. The Kier molecular flexibility index (Phi) is 5.51. The fourth-order valence-corrected chi connectivity index (χ4v) is 1.12. The SMILES string of the molecule is CCOC(=O)C(F)(F)OCCOc1ccccc1. The van der Waals surface area contributed by atoms with Crippen molar-refractivity contribution in [3.63, 3.8) is 0 Å². The van der Waals surface area contributed by atoms with E-state index in [9.17, 15) is 13.6 Å². The first-order chi connectivity index (χ1) is 8.56. The molecule has 1 rings (SSSR count). The maximum absolute atomic E-state index is 13.0. The summed E-state index contributed by atoms with van der Waals surface area (Å²) in [6.07, 6.45) is -3.93. The quantitative estimate of drug-likeness (QED) is 0.557. The molecule has 100 valence electrons. The molecule has 0 fully saturated rings. The first-order valence-electron chi connectivity index (χ1n) is 5.43. The molecule has 0 radical (unpaired) electrons. The van der Waals surface area contributed by atoms with Gasteiger partial charge in [-0.15, -0.1) is 0 Å². The predicted octanol–water partition coefficient (Wildman–Crippen LogP) is 2.24. The number of para-hydroxylation sites is 1. The highest BCUT2D eigenvalue weighted by Crippen LogP contribution is 2.17. The predicted molar refractivity (Wildman–Crippen MR) is 59.5 cm³/mol. The molecule has 1 aromatic rings. The van der Waals surface area contributed by atoms with Gasteiger partial charge in [-0.3, -0.25) is 0 Å². The summed E-state index contributed by atoms with van der Waals surface area (Å²) in [5.41, 5.74) is 0. The van der Waals surface area contributed by atoms with Gasteiger partial charge in [-0.25, -0.2) is 4.79 Å². The fourth-order valence-electron chi connectivity index (χ4n) is 1.12. The third kappa shape index (κ3) is 4.67. The van der Waals surface area contributed by atoms with Crippen LogP contribution in [0.3, 0.4) is 0 Å². The molecule has 0 aliphatic rings. The summed E-state index contributed by atoms with van der Waals surface area (Å²) in [4.78, 5) is 10.8. The molecule has 1 aromatic carbocycles. The second-order valence-corrected chi connectivity index (χ2v) is 3.25. The minimum absolute atomic E-state index is 0.0843. The highest BCUT2D eigenvalue weighted by atomic mass is 19.3. The van der Waals surface area contributed by atoms with Gasteiger partial charge in [0, 0.05) is 0 Å². The van der Waals surface area contributed by atoms with E-state index in [4.69, 9.17) is 4.74 Å². The monoisotopic (exact) mass is 260 g/mol. The zero-order valence-electron chi connectivity index (χ0n) is 9.90. The van der Waals surface area contributed by atoms with Crippen LogP contribution in [0.5, 0.6) is 5.75 Å². The molecule has 0 saturated carbocycles. The number of ether oxygens (including phenoxy) is 3. The molecule has 0 amide bonds. The first-order valence-corrected chi connectivity index (χ1v) is 5.43. The van der Waals surface area contributed by atoms with Crippen LogP contribution < -0.4 is 4.74 Å². The van der Waals surface area contributed by atoms with Crippen LogP contribution in [-0.4, -0.2) is 31.9 Å². The van der Waals surface area contributed by atoms with E-state index >= 15 is 0 Å². The number of hydrogen-bond donors (Lipinski definition) is 0. The summed E-state index contributed by atoms with van der Waals surface area (Å²) in [7, 11) is 0. The molecule has 0 unspecified atom stereocenters. The van der Waals surface area contributed by atoms with Crippen molar-refractivity contribution in [3.8, 4) is 5.75 Å². The molecule has 0 bridgehead atoms. The molecule has 18 heavy (non-hydrogen) atoms. The van der Waals surface area contributed by atoms with Crippen molar-refractivity contribution in [3.05, 3.63) is 30.3 Å². The molecule has 0 spiro atoms. The van der Waals surface area contributed by atoms with Crippen LogP contribution in [0.25, 0.3) is 0 Å². The number of esters is 1. The molecule has 0 N–H and O–H groups in total. The lowest BCUT2D eigenvalue weighted by atomic mass is 10.3. The van der Waals surface area contributed by atoms with Crippen LogP contribution >= 0.6 is 0 Å². The van der Waals surface area contributed by atoms with E-state index in [1.807, 2.05) is 0 Å². The summed E-state index contributed by atoms with van der Waals surface area (Å²) >= 11 is 0. The molecule has 0 atom stereocenters. The highest BCUT2D eigenvalue weighted by Gasteiger charge is 2.42. The Morgan fingerprint density at radius 1 is 1.22 bits per heavy atom. The first kappa shape index (κ1) is 14.4. The van der Waals surface area contributed by atoms with Crippen LogP contribution in [0.2, 0.25) is 0 Å². The molecule has 0 saturated heterocycles. The number of hydrogen-bond acceptors (Lipinski definition) is 4. The van der Waals surface area contributed by atoms with Crippen molar-refractivity contribution < 1.29 is 27.8 Å². The Bertz CT molecular complexity index is 368. The Morgan fingerprint density at radius 3 is 2.50 bits per heavy atom. The van der Waals surface area contributed by atoms with Crippen molar-refractivity contribution in [1.82, 2.24) is 0 Å². The molecule has 0 aliphatic carbocycles. The molecule has 0 aliphatic heterocycles. The van der Waals surface area contributed by atoms with Crippen LogP contribution in [0.1, 0.15) is 6.92 Å². The normalized spacial score (nSPS) is 11.1. The van der Waals surface area contributed by atoms with Gasteiger partial charge in [0.25, 0.3) is 0 Å². The van der Waals surface area contributed by atoms with E-state index in [0.717, 1.165) is 0 Å². The van der Waals surface area contributed by atoms with Gasteiger partial charge in [0.1, 0.15) is 12.4 Å². The van der Waals surface area contributed by atoms with Crippen molar-refractivity contribution >= 4 is 5.97 Å². The molecule has 0 aromatic heterocycles. The number of carbonyl (C=O) groups excluding carboxylic acids is 1. The van der Waals surface area contributed by atoms with Crippen molar-refractivity contribution in [2.45, 2.75) is 13.0 Å². The van der Waals surface area contributed by atoms with Gasteiger partial charge in [0.05, 0.1) is 13.2 Å². The standard InChI is InChI=1S/C12H14F2O4/c1-2-16-11(15)12(13,14)18-9-8-17-10-6-4-3-5-7-10/h3-7H,2,8-9H2,1H3. The van der Waals surface area contributed by atoms with Crippen LogP contribution in [0.4, 0.5) is 8.78 Å². The van der Waals surface area contributed by atoms with E-state index in [-0.39, 0.29) is 13.2 Å². The molecule has 6 heteroatoms. The Hall–Kier alpha value is -1.69. The van der Waals surface area contributed by atoms with E-state index in [1.165, 1.54) is 6.92 Å². The number of carbonyl (C=O) groups is 1. The van der Waals surface area contributed by atoms with Crippen molar-refractivity contribution in [2.24, 2.45) is 0 Å². The maximum atomic E-state index is 13.0. The fraction of sp³-hybridized carbons (Fsp3) is 0.417. The number of rotatable bonds is 7. The Labute approximate surface area is 103 Å². The van der Waals surface area contributed by atoms with E-state index < -0.39 is 18.7 Å². The topological polar surface area (TPSA) is 44.8 Å². The summed E-state index contributed by atoms with van der Waals surface area (Å²) in [6, 6.07) is 8.68. The number of alkyl halides is 2. The lowest BCUT2D eigenvalue weighted by molar-refractivity contribution is -0.251. The maximum Gasteiger partial charge on any atom is 0.456 e. The van der Waals surface area contributed by atoms with Crippen molar-refractivity contribution in [2.75, 3.05) is 19.8 Å². The van der Waals surface area contributed by atoms with Gasteiger partial charge in [-0.2, -0.15) is 8.78 Å². The Balaban J connectivity index is 2.27. The molecular weight excluding hydrogens is 246 g/mol. The van der Waals surface area contributed by atoms with Gasteiger partial charge in [0.15, 0.2) is 0 Å². The van der Waals surface area contributed by atoms with Crippen LogP contribution in [0.15, 0.2) is 30.3 Å². The zero-order chi connectivity index (χ0) is 13.4. The van der Waals surface area contributed by atoms with Gasteiger partial charge >= 0.3 is 12.1 Å². The molecule has 4 nitrogen and oxygen atoms in total. The van der Waals surface area contributed by atoms with Gasteiger partial charge in [-0.1, -0.05) is 18.2 Å². The van der Waals surface area contributed by atoms with Crippen LogP contribution in [-0.2, 0) is 14.3 Å². The van der Waals surface area contributed by atoms with Gasteiger partial charge < -0.3 is 14.2 Å². The van der Waals surface area contributed by atoms with Gasteiger partial charge in [0.2, 0.25) is 0 Å². The smallest absolute Gasteiger partial charge is 0.456 e. The minimum Gasteiger partial charge on any atom is -0.491 e. The third-order valence-corrected chi connectivity index (χ3v) is 1.89. The second kappa shape index (κ2) is 6.90. The van der Waals surface area contributed by atoms with Crippen molar-refractivity contribution in [1.29, 1.82) is 0 Å². The third-order valence-electron chi connectivity index (χ3n) is 1.89. The average Bonchev–Trinajstić information content (AvgIpc) is 2.36. The lowest BCUT2D eigenvalue weighted by Gasteiger charge is -2.15. The lowest BCUT2D eigenvalue weighted by Crippen LogP contribution is -2.35.